The van der Waals surface area contributed by atoms with Crippen molar-refractivity contribution in [2.75, 3.05) is 0 Å². The average Bonchev–Trinajstić information content (AvgIpc) is 2.74. The van der Waals surface area contributed by atoms with E-state index in [-0.39, 0.29) is 12.2 Å². The van der Waals surface area contributed by atoms with Gasteiger partial charge in [-0.1, -0.05) is 18.2 Å². The number of aromatic nitrogens is 2. The van der Waals surface area contributed by atoms with E-state index in [0.29, 0.717) is 11.3 Å². The highest BCUT2D eigenvalue weighted by atomic mass is 32.1. The van der Waals surface area contributed by atoms with Crippen molar-refractivity contribution in [3.05, 3.63) is 47.5 Å². The molecule has 0 spiro atoms. The van der Waals surface area contributed by atoms with Crippen molar-refractivity contribution in [1.29, 1.82) is 0 Å². The molecule has 0 amide bonds. The lowest BCUT2D eigenvalue weighted by Gasteiger charge is -2.07. The second-order valence-corrected chi connectivity index (χ2v) is 3.70. The summed E-state index contributed by atoms with van der Waals surface area (Å²) in [5.74, 6) is -0.306. The SMILES string of the molecule is OC(Cc1ccccc1F)c1cnsn1. The molecule has 1 heterocycles. The molecule has 5 heteroatoms. The molecule has 3 nitrogen and oxygen atoms in total. The molecular formula is C10H9FN2OS. The van der Waals surface area contributed by atoms with E-state index in [4.69, 9.17) is 0 Å². The molecule has 15 heavy (non-hydrogen) atoms. The fourth-order valence-corrected chi connectivity index (χ4v) is 1.76. The smallest absolute Gasteiger partial charge is 0.126 e. The Balaban J connectivity index is 2.13. The highest BCUT2D eigenvalue weighted by molar-refractivity contribution is 6.99. The number of halogens is 1. The van der Waals surface area contributed by atoms with Gasteiger partial charge in [0.1, 0.15) is 17.6 Å². The lowest BCUT2D eigenvalue weighted by atomic mass is 10.1. The molecule has 2 rings (SSSR count). The topological polar surface area (TPSA) is 46.0 Å². The minimum atomic E-state index is -0.791. The van der Waals surface area contributed by atoms with Gasteiger partial charge in [0.05, 0.1) is 17.9 Å². The summed E-state index contributed by atoms with van der Waals surface area (Å²) in [6.45, 7) is 0. The van der Waals surface area contributed by atoms with E-state index in [0.717, 1.165) is 11.7 Å². The summed E-state index contributed by atoms with van der Waals surface area (Å²) in [5.41, 5.74) is 0.973. The normalized spacial score (nSPS) is 12.7. The molecule has 78 valence electrons. The lowest BCUT2D eigenvalue weighted by molar-refractivity contribution is 0.173. The van der Waals surface area contributed by atoms with Gasteiger partial charge in [-0.05, 0) is 11.6 Å². The number of rotatable bonds is 3. The van der Waals surface area contributed by atoms with Gasteiger partial charge in [0.15, 0.2) is 0 Å². The van der Waals surface area contributed by atoms with Gasteiger partial charge in [-0.25, -0.2) is 4.39 Å². The Labute approximate surface area is 90.5 Å². The molecule has 1 atom stereocenters. The minimum absolute atomic E-state index is 0.220. The monoisotopic (exact) mass is 224 g/mol. The molecule has 0 fully saturated rings. The molecule has 1 aromatic carbocycles. The van der Waals surface area contributed by atoms with Crippen LogP contribution in [0.5, 0.6) is 0 Å². The van der Waals surface area contributed by atoms with E-state index < -0.39 is 6.10 Å². The van der Waals surface area contributed by atoms with Crippen LogP contribution < -0.4 is 0 Å². The van der Waals surface area contributed by atoms with E-state index >= 15 is 0 Å². The molecule has 0 saturated heterocycles. The van der Waals surface area contributed by atoms with Gasteiger partial charge in [-0.3, -0.25) is 0 Å². The first-order valence-electron chi connectivity index (χ1n) is 4.46. The standard InChI is InChI=1S/C10H9FN2OS/c11-8-4-2-1-3-7(8)5-10(14)9-6-12-15-13-9/h1-4,6,10,14H,5H2. The quantitative estimate of drug-likeness (QED) is 0.866. The number of nitrogens with zero attached hydrogens (tertiary/aromatic N) is 2. The van der Waals surface area contributed by atoms with Crippen molar-refractivity contribution in [3.8, 4) is 0 Å². The maximum atomic E-state index is 13.2. The number of aliphatic hydroxyl groups excluding tert-OH is 1. The van der Waals surface area contributed by atoms with Crippen molar-refractivity contribution in [2.45, 2.75) is 12.5 Å². The van der Waals surface area contributed by atoms with Crippen LogP contribution in [0, 0.1) is 5.82 Å². The van der Waals surface area contributed by atoms with E-state index in [9.17, 15) is 9.50 Å². The lowest BCUT2D eigenvalue weighted by Crippen LogP contribution is -2.03. The second-order valence-electron chi connectivity index (χ2n) is 3.14. The summed E-state index contributed by atoms with van der Waals surface area (Å²) in [6, 6.07) is 6.39. The number of aliphatic hydroxyl groups is 1. The van der Waals surface area contributed by atoms with Crippen LogP contribution >= 0.6 is 11.7 Å². The predicted molar refractivity (Wildman–Crippen MR) is 55.0 cm³/mol. The Morgan fingerprint density at radius 1 is 1.40 bits per heavy atom. The van der Waals surface area contributed by atoms with E-state index in [2.05, 4.69) is 8.75 Å². The maximum Gasteiger partial charge on any atom is 0.126 e. The van der Waals surface area contributed by atoms with Crippen LogP contribution in [0.15, 0.2) is 30.5 Å². The molecule has 0 aliphatic carbocycles. The molecule has 0 aliphatic heterocycles. The van der Waals surface area contributed by atoms with Gasteiger partial charge in [-0.15, -0.1) is 0 Å². The molecule has 1 N–H and O–H groups in total. The Morgan fingerprint density at radius 3 is 2.87 bits per heavy atom. The third-order valence-electron chi connectivity index (χ3n) is 2.09. The summed E-state index contributed by atoms with van der Waals surface area (Å²) < 4.78 is 20.9. The first kappa shape index (κ1) is 10.2. The number of hydrogen-bond donors (Lipinski definition) is 1. The highest BCUT2D eigenvalue weighted by Crippen LogP contribution is 2.18. The third-order valence-corrected chi connectivity index (χ3v) is 2.58. The second kappa shape index (κ2) is 4.46. The van der Waals surface area contributed by atoms with Crippen molar-refractivity contribution in [2.24, 2.45) is 0 Å². The van der Waals surface area contributed by atoms with E-state index in [1.807, 2.05) is 0 Å². The van der Waals surface area contributed by atoms with Crippen molar-refractivity contribution >= 4 is 11.7 Å². The van der Waals surface area contributed by atoms with Crippen LogP contribution in [0.25, 0.3) is 0 Å². The van der Waals surface area contributed by atoms with Crippen LogP contribution in [0.1, 0.15) is 17.4 Å². The van der Waals surface area contributed by atoms with Crippen molar-refractivity contribution in [1.82, 2.24) is 8.75 Å². The van der Waals surface area contributed by atoms with Crippen LogP contribution in [0.2, 0.25) is 0 Å². The zero-order valence-electron chi connectivity index (χ0n) is 7.80. The zero-order valence-corrected chi connectivity index (χ0v) is 8.62. The summed E-state index contributed by atoms with van der Waals surface area (Å²) in [4.78, 5) is 0. The molecule has 0 aliphatic rings. The van der Waals surface area contributed by atoms with E-state index in [1.165, 1.54) is 12.3 Å². The van der Waals surface area contributed by atoms with Crippen LogP contribution in [-0.2, 0) is 6.42 Å². The first-order chi connectivity index (χ1) is 7.27. The first-order valence-corrected chi connectivity index (χ1v) is 5.19. The van der Waals surface area contributed by atoms with Crippen LogP contribution in [-0.4, -0.2) is 13.9 Å². The summed E-state index contributed by atoms with van der Waals surface area (Å²) in [7, 11) is 0. The molecule has 1 aromatic heterocycles. The fourth-order valence-electron chi connectivity index (χ4n) is 1.30. The third kappa shape index (κ3) is 2.37. The van der Waals surface area contributed by atoms with Crippen LogP contribution in [0.3, 0.4) is 0 Å². The summed E-state index contributed by atoms with van der Waals surface area (Å²) in [5, 5.41) is 9.72. The summed E-state index contributed by atoms with van der Waals surface area (Å²) in [6.07, 6.45) is 0.925. The van der Waals surface area contributed by atoms with Gasteiger partial charge in [0, 0.05) is 6.42 Å². The van der Waals surface area contributed by atoms with Gasteiger partial charge in [0.2, 0.25) is 0 Å². The largest absolute Gasteiger partial charge is 0.386 e. The van der Waals surface area contributed by atoms with Gasteiger partial charge in [-0.2, -0.15) is 8.75 Å². The minimum Gasteiger partial charge on any atom is -0.386 e. The van der Waals surface area contributed by atoms with Gasteiger partial charge < -0.3 is 5.11 Å². The highest BCUT2D eigenvalue weighted by Gasteiger charge is 2.13. The van der Waals surface area contributed by atoms with Gasteiger partial charge >= 0.3 is 0 Å². The zero-order chi connectivity index (χ0) is 10.7. The predicted octanol–water partition coefficient (Wildman–Crippen LogP) is 1.95. The Bertz CT molecular complexity index is 433. The Hall–Kier alpha value is -1.33. The molecular weight excluding hydrogens is 215 g/mol. The molecule has 1 unspecified atom stereocenters. The fraction of sp³-hybridized carbons (Fsp3) is 0.200. The molecule has 0 bridgehead atoms. The van der Waals surface area contributed by atoms with E-state index in [1.54, 1.807) is 18.2 Å². The van der Waals surface area contributed by atoms with Crippen LogP contribution in [0.4, 0.5) is 4.39 Å². The molecule has 0 radical (unpaired) electrons. The molecule has 0 saturated carbocycles. The number of hydrogen-bond acceptors (Lipinski definition) is 4. The number of benzene rings is 1. The Kier molecular flexibility index (Phi) is 3.03. The van der Waals surface area contributed by atoms with Crippen molar-refractivity contribution < 1.29 is 9.50 Å². The summed E-state index contributed by atoms with van der Waals surface area (Å²) >= 11 is 1.03. The van der Waals surface area contributed by atoms with Crippen molar-refractivity contribution in [3.63, 3.8) is 0 Å². The average molecular weight is 224 g/mol. The molecule has 2 aromatic rings. The van der Waals surface area contributed by atoms with Gasteiger partial charge in [0.25, 0.3) is 0 Å². The maximum absolute atomic E-state index is 13.2. The Morgan fingerprint density at radius 2 is 2.20 bits per heavy atom.